The number of carbonyl (C=O) groups excluding carboxylic acids is 1. The number of hydrogen-bond donors (Lipinski definition) is 1. The van der Waals surface area contributed by atoms with Crippen molar-refractivity contribution < 1.29 is 9.72 Å². The Bertz CT molecular complexity index is 512. The largest absolute Gasteiger partial charge is 0.370 e. The van der Waals surface area contributed by atoms with Crippen LogP contribution in [0.4, 0.5) is 11.5 Å². The van der Waals surface area contributed by atoms with Crippen molar-refractivity contribution in [3.8, 4) is 0 Å². The van der Waals surface area contributed by atoms with Crippen LogP contribution in [0, 0.1) is 10.1 Å². The zero-order chi connectivity index (χ0) is 14.5. The summed E-state index contributed by atoms with van der Waals surface area (Å²) in [5.74, 6) is 0.219. The standard InChI is InChI=1S/C13H18N4O3/c1-2-5-14-12-8-10(11(9-15-12)17(19)20)13(18)16-6-3-4-7-16/h8-9H,2-7H2,1H3,(H,14,15). The summed E-state index contributed by atoms with van der Waals surface area (Å²) in [6.45, 7) is 4.04. The number of nitro groups is 1. The molecule has 0 saturated carbocycles. The first-order valence-corrected chi connectivity index (χ1v) is 6.81. The summed E-state index contributed by atoms with van der Waals surface area (Å²) in [6, 6.07) is 1.48. The third kappa shape index (κ3) is 3.04. The van der Waals surface area contributed by atoms with E-state index < -0.39 is 4.92 Å². The Labute approximate surface area is 117 Å². The highest BCUT2D eigenvalue weighted by Crippen LogP contribution is 2.23. The molecule has 2 rings (SSSR count). The Balaban J connectivity index is 2.30. The molecule has 1 aliphatic rings. The van der Waals surface area contributed by atoms with Crippen LogP contribution in [0.3, 0.4) is 0 Å². The number of aromatic nitrogens is 1. The third-order valence-corrected chi connectivity index (χ3v) is 3.26. The summed E-state index contributed by atoms with van der Waals surface area (Å²) in [7, 11) is 0. The topological polar surface area (TPSA) is 88.4 Å². The second-order valence-electron chi connectivity index (χ2n) is 4.77. The van der Waals surface area contributed by atoms with Gasteiger partial charge in [-0.2, -0.15) is 0 Å². The van der Waals surface area contributed by atoms with Crippen molar-refractivity contribution in [2.45, 2.75) is 26.2 Å². The van der Waals surface area contributed by atoms with Crippen LogP contribution in [-0.4, -0.2) is 40.3 Å². The van der Waals surface area contributed by atoms with Gasteiger partial charge >= 0.3 is 0 Å². The van der Waals surface area contributed by atoms with E-state index in [0.717, 1.165) is 25.5 Å². The fourth-order valence-electron chi connectivity index (χ4n) is 2.21. The van der Waals surface area contributed by atoms with Gasteiger partial charge in [-0.3, -0.25) is 14.9 Å². The molecule has 1 N–H and O–H groups in total. The van der Waals surface area contributed by atoms with Gasteiger partial charge in [0, 0.05) is 25.7 Å². The number of hydrogen-bond acceptors (Lipinski definition) is 5. The minimum Gasteiger partial charge on any atom is -0.370 e. The molecular weight excluding hydrogens is 260 g/mol. The molecule has 1 aliphatic heterocycles. The Morgan fingerprint density at radius 3 is 2.80 bits per heavy atom. The molecule has 1 aromatic heterocycles. The zero-order valence-corrected chi connectivity index (χ0v) is 11.5. The number of anilines is 1. The summed E-state index contributed by atoms with van der Waals surface area (Å²) < 4.78 is 0. The number of nitrogens with zero attached hydrogens (tertiary/aromatic N) is 3. The lowest BCUT2D eigenvalue weighted by atomic mass is 10.2. The summed E-state index contributed by atoms with van der Waals surface area (Å²) in [4.78, 5) is 28.5. The van der Waals surface area contributed by atoms with Crippen LogP contribution < -0.4 is 5.32 Å². The third-order valence-electron chi connectivity index (χ3n) is 3.26. The molecule has 0 unspecified atom stereocenters. The molecule has 2 heterocycles. The minimum atomic E-state index is -0.556. The molecule has 1 fully saturated rings. The van der Waals surface area contributed by atoms with Crippen LogP contribution in [0.2, 0.25) is 0 Å². The highest BCUT2D eigenvalue weighted by atomic mass is 16.6. The average molecular weight is 278 g/mol. The van der Waals surface area contributed by atoms with E-state index in [1.54, 1.807) is 4.90 Å². The number of nitrogens with one attached hydrogen (secondary N) is 1. The number of amides is 1. The van der Waals surface area contributed by atoms with E-state index in [1.807, 2.05) is 6.92 Å². The maximum Gasteiger partial charge on any atom is 0.300 e. The first-order chi connectivity index (χ1) is 9.63. The van der Waals surface area contributed by atoms with Gasteiger partial charge in [0.05, 0.1) is 4.92 Å². The number of pyridine rings is 1. The molecule has 0 radical (unpaired) electrons. The highest BCUT2D eigenvalue weighted by molar-refractivity contribution is 5.98. The minimum absolute atomic E-state index is 0.116. The molecule has 108 valence electrons. The van der Waals surface area contributed by atoms with Crippen LogP contribution in [-0.2, 0) is 0 Å². The van der Waals surface area contributed by atoms with Crippen molar-refractivity contribution in [3.63, 3.8) is 0 Å². The maximum atomic E-state index is 12.4. The first-order valence-electron chi connectivity index (χ1n) is 6.81. The SMILES string of the molecule is CCCNc1cc(C(=O)N2CCCC2)c([N+](=O)[O-])cn1. The smallest absolute Gasteiger partial charge is 0.300 e. The summed E-state index contributed by atoms with van der Waals surface area (Å²) in [6.07, 6.45) is 3.96. The lowest BCUT2D eigenvalue weighted by molar-refractivity contribution is -0.385. The lowest BCUT2D eigenvalue weighted by Gasteiger charge is -2.15. The number of carbonyl (C=O) groups is 1. The molecule has 0 aliphatic carbocycles. The summed E-state index contributed by atoms with van der Waals surface area (Å²) >= 11 is 0. The van der Waals surface area contributed by atoms with Crippen molar-refractivity contribution in [1.29, 1.82) is 0 Å². The van der Waals surface area contributed by atoms with Crippen molar-refractivity contribution in [2.24, 2.45) is 0 Å². The lowest BCUT2D eigenvalue weighted by Crippen LogP contribution is -2.28. The first kappa shape index (κ1) is 14.2. The van der Waals surface area contributed by atoms with Gasteiger partial charge < -0.3 is 10.2 Å². The molecule has 0 bridgehead atoms. The van der Waals surface area contributed by atoms with Crippen molar-refractivity contribution in [1.82, 2.24) is 9.88 Å². The van der Waals surface area contributed by atoms with E-state index in [2.05, 4.69) is 10.3 Å². The van der Waals surface area contributed by atoms with E-state index in [9.17, 15) is 14.9 Å². The highest BCUT2D eigenvalue weighted by Gasteiger charge is 2.27. The van der Waals surface area contributed by atoms with E-state index >= 15 is 0 Å². The zero-order valence-electron chi connectivity index (χ0n) is 11.5. The fraction of sp³-hybridized carbons (Fsp3) is 0.538. The van der Waals surface area contributed by atoms with Gasteiger partial charge in [0.2, 0.25) is 0 Å². The quantitative estimate of drug-likeness (QED) is 0.657. The molecule has 1 saturated heterocycles. The Hall–Kier alpha value is -2.18. The van der Waals surface area contributed by atoms with Crippen LogP contribution in [0.15, 0.2) is 12.3 Å². The predicted octanol–water partition coefficient (Wildman–Crippen LogP) is 2.05. The normalized spacial score (nSPS) is 14.3. The molecule has 7 nitrogen and oxygen atoms in total. The molecule has 0 atom stereocenters. The molecule has 0 spiro atoms. The van der Waals surface area contributed by atoms with E-state index in [-0.39, 0.29) is 17.2 Å². The monoisotopic (exact) mass is 278 g/mol. The van der Waals surface area contributed by atoms with Gasteiger partial charge in [0.1, 0.15) is 17.6 Å². The van der Waals surface area contributed by atoms with E-state index in [0.29, 0.717) is 25.5 Å². The van der Waals surface area contributed by atoms with Crippen molar-refractivity contribution >= 4 is 17.4 Å². The predicted molar refractivity (Wildman–Crippen MR) is 74.8 cm³/mol. The Kier molecular flexibility index (Phi) is 4.49. The van der Waals surface area contributed by atoms with Gasteiger partial charge in [0.15, 0.2) is 0 Å². The second kappa shape index (κ2) is 6.31. The van der Waals surface area contributed by atoms with Gasteiger partial charge in [-0.15, -0.1) is 0 Å². The van der Waals surface area contributed by atoms with E-state index in [4.69, 9.17) is 0 Å². The van der Waals surface area contributed by atoms with Gasteiger partial charge in [0.25, 0.3) is 11.6 Å². The molecule has 0 aromatic carbocycles. The van der Waals surface area contributed by atoms with E-state index in [1.165, 1.54) is 6.07 Å². The van der Waals surface area contributed by atoms with Crippen molar-refractivity contribution in [3.05, 3.63) is 27.9 Å². The summed E-state index contributed by atoms with van der Waals surface area (Å²) in [5.41, 5.74) is -0.116. The van der Waals surface area contributed by atoms with Crippen molar-refractivity contribution in [2.75, 3.05) is 25.0 Å². The number of rotatable bonds is 5. The molecule has 1 amide bonds. The second-order valence-corrected chi connectivity index (χ2v) is 4.77. The van der Waals surface area contributed by atoms with Gasteiger partial charge in [-0.1, -0.05) is 6.92 Å². The summed E-state index contributed by atoms with van der Waals surface area (Å²) in [5, 5.41) is 14.1. The van der Waals surface area contributed by atoms with Gasteiger partial charge in [-0.25, -0.2) is 4.98 Å². The maximum absolute atomic E-state index is 12.4. The molecule has 20 heavy (non-hydrogen) atoms. The van der Waals surface area contributed by atoms with Gasteiger partial charge in [-0.05, 0) is 19.3 Å². The van der Waals surface area contributed by atoms with Crippen LogP contribution in [0.1, 0.15) is 36.5 Å². The van der Waals surface area contributed by atoms with Crippen LogP contribution in [0.25, 0.3) is 0 Å². The number of likely N-dealkylation sites (tertiary alicyclic amines) is 1. The van der Waals surface area contributed by atoms with Crippen LogP contribution in [0.5, 0.6) is 0 Å². The Morgan fingerprint density at radius 2 is 2.20 bits per heavy atom. The fourth-order valence-corrected chi connectivity index (χ4v) is 2.21. The molecular formula is C13H18N4O3. The van der Waals surface area contributed by atoms with Crippen LogP contribution >= 0.6 is 0 Å². The molecule has 7 heteroatoms. The average Bonchev–Trinajstić information content (AvgIpc) is 2.98. The molecule has 1 aromatic rings. The Morgan fingerprint density at radius 1 is 1.50 bits per heavy atom.